The van der Waals surface area contributed by atoms with Gasteiger partial charge in [0.2, 0.25) is 5.91 Å². The molecule has 1 aliphatic heterocycles. The minimum Gasteiger partial charge on any atom is -0.494 e. The standard InChI is InChI=1S/C18H18ClNO2/c1-2-9-22-14-6-3-12(4-7-14)10-16-15-11-13(19)5-8-17(15)20-18(16)21/h3-8,11,16H,2,9-10H2,1H3,(H,20,21)/t16-/m1/s1. The van der Waals surface area contributed by atoms with E-state index in [2.05, 4.69) is 12.2 Å². The van der Waals surface area contributed by atoms with Crippen LogP contribution in [0.4, 0.5) is 5.69 Å². The monoisotopic (exact) mass is 315 g/mol. The van der Waals surface area contributed by atoms with Crippen LogP contribution in [0.2, 0.25) is 5.02 Å². The van der Waals surface area contributed by atoms with Gasteiger partial charge < -0.3 is 10.1 Å². The number of carbonyl (C=O) groups is 1. The van der Waals surface area contributed by atoms with E-state index in [1.807, 2.05) is 36.4 Å². The Balaban J connectivity index is 1.76. The molecule has 0 aliphatic carbocycles. The smallest absolute Gasteiger partial charge is 0.232 e. The number of benzene rings is 2. The van der Waals surface area contributed by atoms with Crippen LogP contribution in [0.3, 0.4) is 0 Å². The molecule has 2 aromatic carbocycles. The molecule has 2 aromatic rings. The van der Waals surface area contributed by atoms with Gasteiger partial charge in [-0.05, 0) is 54.3 Å². The second kappa shape index (κ2) is 6.41. The van der Waals surface area contributed by atoms with E-state index in [9.17, 15) is 4.79 Å². The molecule has 22 heavy (non-hydrogen) atoms. The summed E-state index contributed by atoms with van der Waals surface area (Å²) in [5.41, 5.74) is 2.95. The molecular weight excluding hydrogens is 298 g/mol. The molecule has 0 saturated carbocycles. The lowest BCUT2D eigenvalue weighted by Crippen LogP contribution is -2.14. The molecule has 0 radical (unpaired) electrons. The molecule has 0 bridgehead atoms. The summed E-state index contributed by atoms with van der Waals surface area (Å²) in [6, 6.07) is 13.5. The van der Waals surface area contributed by atoms with Crippen molar-refractivity contribution in [2.45, 2.75) is 25.7 Å². The van der Waals surface area contributed by atoms with Gasteiger partial charge in [-0.25, -0.2) is 0 Å². The number of hydrogen-bond acceptors (Lipinski definition) is 2. The van der Waals surface area contributed by atoms with Crippen molar-refractivity contribution in [2.24, 2.45) is 0 Å². The van der Waals surface area contributed by atoms with Gasteiger partial charge in [0.05, 0.1) is 12.5 Å². The summed E-state index contributed by atoms with van der Waals surface area (Å²) in [5, 5.41) is 3.57. The number of hydrogen-bond donors (Lipinski definition) is 1. The molecule has 4 heteroatoms. The first-order valence-corrected chi connectivity index (χ1v) is 7.87. The number of anilines is 1. The summed E-state index contributed by atoms with van der Waals surface area (Å²) in [7, 11) is 0. The predicted octanol–water partition coefficient (Wildman–Crippen LogP) is 4.41. The molecule has 1 atom stereocenters. The maximum Gasteiger partial charge on any atom is 0.232 e. The third-order valence-electron chi connectivity index (χ3n) is 3.80. The highest BCUT2D eigenvalue weighted by Crippen LogP contribution is 2.36. The SMILES string of the molecule is CCCOc1ccc(C[C@H]2C(=O)Nc3ccc(Cl)cc32)cc1. The van der Waals surface area contributed by atoms with Crippen LogP contribution in [0, 0.1) is 0 Å². The first-order valence-electron chi connectivity index (χ1n) is 7.49. The second-order valence-corrected chi connectivity index (χ2v) is 5.91. The van der Waals surface area contributed by atoms with Gasteiger partial charge in [0.1, 0.15) is 5.75 Å². The lowest BCUT2D eigenvalue weighted by molar-refractivity contribution is -0.117. The topological polar surface area (TPSA) is 38.3 Å². The summed E-state index contributed by atoms with van der Waals surface area (Å²) in [6.45, 7) is 2.80. The Morgan fingerprint density at radius 3 is 2.68 bits per heavy atom. The Hall–Kier alpha value is -2.00. The zero-order valence-corrected chi connectivity index (χ0v) is 13.2. The zero-order valence-electron chi connectivity index (χ0n) is 12.4. The van der Waals surface area contributed by atoms with Gasteiger partial charge in [-0.15, -0.1) is 0 Å². The Morgan fingerprint density at radius 2 is 1.95 bits per heavy atom. The minimum absolute atomic E-state index is 0.0311. The summed E-state index contributed by atoms with van der Waals surface area (Å²) < 4.78 is 5.58. The van der Waals surface area contributed by atoms with Crippen LogP contribution in [0.1, 0.15) is 30.4 Å². The third-order valence-corrected chi connectivity index (χ3v) is 4.03. The van der Waals surface area contributed by atoms with Crippen molar-refractivity contribution in [3.05, 3.63) is 58.6 Å². The molecule has 0 saturated heterocycles. The van der Waals surface area contributed by atoms with Crippen molar-refractivity contribution in [2.75, 3.05) is 11.9 Å². The van der Waals surface area contributed by atoms with Gasteiger partial charge in [-0.2, -0.15) is 0 Å². The molecule has 0 aromatic heterocycles. The van der Waals surface area contributed by atoms with E-state index >= 15 is 0 Å². The van der Waals surface area contributed by atoms with Crippen molar-refractivity contribution in [3.63, 3.8) is 0 Å². The molecule has 1 amide bonds. The zero-order chi connectivity index (χ0) is 15.5. The highest BCUT2D eigenvalue weighted by atomic mass is 35.5. The Labute approximate surface area is 135 Å². The van der Waals surface area contributed by atoms with E-state index in [-0.39, 0.29) is 11.8 Å². The van der Waals surface area contributed by atoms with E-state index in [1.54, 1.807) is 6.07 Å². The van der Waals surface area contributed by atoms with E-state index in [0.717, 1.165) is 35.6 Å². The Morgan fingerprint density at radius 1 is 1.18 bits per heavy atom. The van der Waals surface area contributed by atoms with Crippen molar-refractivity contribution >= 4 is 23.2 Å². The van der Waals surface area contributed by atoms with Crippen molar-refractivity contribution in [1.29, 1.82) is 0 Å². The molecule has 1 N–H and O–H groups in total. The molecule has 0 spiro atoms. The number of fused-ring (bicyclic) bond motifs is 1. The number of amides is 1. The molecule has 114 valence electrons. The summed E-state index contributed by atoms with van der Waals surface area (Å²) in [4.78, 5) is 12.2. The van der Waals surface area contributed by atoms with E-state index in [4.69, 9.17) is 16.3 Å². The molecule has 0 fully saturated rings. The van der Waals surface area contributed by atoms with Gasteiger partial charge >= 0.3 is 0 Å². The van der Waals surface area contributed by atoms with E-state index in [0.29, 0.717) is 11.4 Å². The van der Waals surface area contributed by atoms with E-state index < -0.39 is 0 Å². The van der Waals surface area contributed by atoms with Crippen LogP contribution in [0.15, 0.2) is 42.5 Å². The number of carbonyl (C=O) groups excluding carboxylic acids is 1. The van der Waals surface area contributed by atoms with Gasteiger partial charge in [0.15, 0.2) is 0 Å². The minimum atomic E-state index is -0.184. The normalized spacial score (nSPS) is 16.3. The number of ether oxygens (including phenoxy) is 1. The molecule has 3 rings (SSSR count). The van der Waals surface area contributed by atoms with Crippen LogP contribution in [0.5, 0.6) is 5.75 Å². The third kappa shape index (κ3) is 3.09. The van der Waals surface area contributed by atoms with Crippen molar-refractivity contribution in [1.82, 2.24) is 0 Å². The summed E-state index contributed by atoms with van der Waals surface area (Å²) in [6.07, 6.45) is 1.65. The van der Waals surface area contributed by atoms with Crippen LogP contribution >= 0.6 is 11.6 Å². The Kier molecular flexibility index (Phi) is 4.34. The molecule has 0 unspecified atom stereocenters. The fourth-order valence-electron chi connectivity index (χ4n) is 2.68. The first kappa shape index (κ1) is 14.9. The van der Waals surface area contributed by atoms with Crippen LogP contribution in [0.25, 0.3) is 0 Å². The molecule has 1 heterocycles. The lowest BCUT2D eigenvalue weighted by atomic mass is 9.93. The van der Waals surface area contributed by atoms with Crippen molar-refractivity contribution in [3.8, 4) is 5.75 Å². The van der Waals surface area contributed by atoms with Gasteiger partial charge in [0.25, 0.3) is 0 Å². The van der Waals surface area contributed by atoms with Crippen molar-refractivity contribution < 1.29 is 9.53 Å². The fourth-order valence-corrected chi connectivity index (χ4v) is 2.86. The quantitative estimate of drug-likeness (QED) is 0.887. The van der Waals surface area contributed by atoms with E-state index in [1.165, 1.54) is 0 Å². The second-order valence-electron chi connectivity index (χ2n) is 5.47. The fraction of sp³-hybridized carbons (Fsp3) is 0.278. The van der Waals surface area contributed by atoms with Crippen LogP contribution in [-0.2, 0) is 11.2 Å². The average Bonchev–Trinajstić information content (AvgIpc) is 2.82. The Bertz CT molecular complexity index is 682. The number of halogens is 1. The highest BCUT2D eigenvalue weighted by molar-refractivity contribution is 6.31. The van der Waals surface area contributed by atoms with Crippen LogP contribution in [-0.4, -0.2) is 12.5 Å². The summed E-state index contributed by atoms with van der Waals surface area (Å²) >= 11 is 6.05. The molecular formula is C18H18ClNO2. The number of rotatable bonds is 5. The predicted molar refractivity (Wildman–Crippen MR) is 88.8 cm³/mol. The highest BCUT2D eigenvalue weighted by Gasteiger charge is 2.30. The molecule has 1 aliphatic rings. The molecule has 3 nitrogen and oxygen atoms in total. The maximum absolute atomic E-state index is 12.2. The van der Waals surface area contributed by atoms with Gasteiger partial charge in [0, 0.05) is 10.7 Å². The number of nitrogens with one attached hydrogen (secondary N) is 1. The maximum atomic E-state index is 12.2. The van der Waals surface area contributed by atoms with Crippen LogP contribution < -0.4 is 10.1 Å². The summed E-state index contributed by atoms with van der Waals surface area (Å²) in [5.74, 6) is 0.713. The average molecular weight is 316 g/mol. The lowest BCUT2D eigenvalue weighted by Gasteiger charge is -2.10. The largest absolute Gasteiger partial charge is 0.494 e. The first-order chi connectivity index (χ1) is 10.7. The van der Waals surface area contributed by atoms with Gasteiger partial charge in [-0.3, -0.25) is 4.79 Å². The van der Waals surface area contributed by atoms with Gasteiger partial charge in [-0.1, -0.05) is 30.7 Å².